The second-order valence-electron chi connectivity index (χ2n) is 9.12. The summed E-state index contributed by atoms with van der Waals surface area (Å²) in [5.74, 6) is 0.596. The highest BCUT2D eigenvalue weighted by Crippen LogP contribution is 2.33. The molecule has 0 saturated heterocycles. The van der Waals surface area contributed by atoms with Crippen molar-refractivity contribution < 1.29 is 8.42 Å². The number of fused-ring (bicyclic) bond motifs is 2. The molecule has 3 N–H and O–H groups in total. The van der Waals surface area contributed by atoms with E-state index in [0.29, 0.717) is 17.2 Å². The van der Waals surface area contributed by atoms with Crippen LogP contribution in [0.5, 0.6) is 0 Å². The number of hydrogen-bond donors (Lipinski definition) is 3. The van der Waals surface area contributed by atoms with Gasteiger partial charge in [-0.2, -0.15) is 5.10 Å². The molecule has 0 radical (unpaired) electrons. The maximum atomic E-state index is 12.8. The Morgan fingerprint density at radius 1 is 0.725 bits per heavy atom. The molecule has 7 rings (SSSR count). The van der Waals surface area contributed by atoms with Crippen molar-refractivity contribution in [3.05, 3.63) is 104 Å². The molecule has 0 bridgehead atoms. The van der Waals surface area contributed by atoms with Crippen LogP contribution in [-0.2, 0) is 10.0 Å². The summed E-state index contributed by atoms with van der Waals surface area (Å²) in [6.45, 7) is 0. The summed E-state index contributed by atoms with van der Waals surface area (Å²) in [6.07, 6.45) is 10.2. The van der Waals surface area contributed by atoms with Crippen molar-refractivity contribution in [1.29, 1.82) is 0 Å². The van der Waals surface area contributed by atoms with Crippen molar-refractivity contribution in [3.8, 4) is 33.8 Å². The van der Waals surface area contributed by atoms with Gasteiger partial charge in [0.15, 0.2) is 5.82 Å². The second kappa shape index (κ2) is 9.40. The molecule has 194 valence electrons. The van der Waals surface area contributed by atoms with Gasteiger partial charge in [0.2, 0.25) is 0 Å². The summed E-state index contributed by atoms with van der Waals surface area (Å²) in [7, 11) is -3.74. The molecule has 0 unspecified atom stereocenters. The van der Waals surface area contributed by atoms with E-state index in [0.717, 1.165) is 44.2 Å². The Morgan fingerprint density at radius 2 is 1.57 bits per heavy atom. The monoisotopic (exact) mass is 544 g/mol. The Balaban J connectivity index is 1.26. The molecule has 0 aliphatic rings. The van der Waals surface area contributed by atoms with Gasteiger partial charge in [0.1, 0.15) is 11.2 Å². The van der Waals surface area contributed by atoms with E-state index in [2.05, 4.69) is 34.9 Å². The van der Waals surface area contributed by atoms with Crippen LogP contribution in [0.1, 0.15) is 0 Å². The number of nitrogens with zero attached hydrogens (tertiary/aromatic N) is 5. The standard InChI is InChI=1S/C29H20N8O2S/c38-40(39,22-6-2-1-3-7-22)37-21-11-20(14-31-15-21)18-8-9-25-23(12-18)28(36-35-25)29-33-26-17-32-16-24(27(26)34-29)19-5-4-10-30-13-19/h1-17,37H,(H,33,34)(H,35,36). The lowest BCUT2D eigenvalue weighted by Crippen LogP contribution is -2.12. The van der Waals surface area contributed by atoms with Crippen LogP contribution in [-0.4, -0.2) is 43.5 Å². The van der Waals surface area contributed by atoms with Gasteiger partial charge in [0, 0.05) is 46.9 Å². The number of aromatic nitrogens is 7. The van der Waals surface area contributed by atoms with E-state index in [1.807, 2.05) is 30.3 Å². The van der Waals surface area contributed by atoms with Crippen LogP contribution in [0.4, 0.5) is 5.69 Å². The van der Waals surface area contributed by atoms with Crippen LogP contribution < -0.4 is 4.72 Å². The molecule has 5 aromatic heterocycles. The smallest absolute Gasteiger partial charge is 0.261 e. The lowest BCUT2D eigenvalue weighted by molar-refractivity contribution is 0.601. The van der Waals surface area contributed by atoms with Crippen LogP contribution in [0, 0.1) is 0 Å². The van der Waals surface area contributed by atoms with E-state index >= 15 is 0 Å². The topological polar surface area (TPSA) is 142 Å². The Hall–Kier alpha value is -5.42. The van der Waals surface area contributed by atoms with Gasteiger partial charge in [-0.15, -0.1) is 0 Å². The van der Waals surface area contributed by atoms with Crippen molar-refractivity contribution in [2.24, 2.45) is 0 Å². The zero-order chi connectivity index (χ0) is 27.1. The fraction of sp³-hybridized carbons (Fsp3) is 0. The molecule has 0 fully saturated rings. The number of hydrogen-bond acceptors (Lipinski definition) is 7. The Kier molecular flexibility index (Phi) is 5.56. The first-order chi connectivity index (χ1) is 19.5. The van der Waals surface area contributed by atoms with E-state index < -0.39 is 10.0 Å². The fourth-order valence-electron chi connectivity index (χ4n) is 4.62. The molecular formula is C29H20N8O2S. The summed E-state index contributed by atoms with van der Waals surface area (Å²) in [6, 6.07) is 19.6. The molecule has 10 nitrogen and oxygen atoms in total. The highest BCUT2D eigenvalue weighted by Gasteiger charge is 2.17. The minimum atomic E-state index is -3.74. The molecule has 11 heteroatoms. The summed E-state index contributed by atoms with van der Waals surface area (Å²) in [4.78, 5) is 21.3. The molecule has 0 spiro atoms. The number of pyridine rings is 3. The maximum absolute atomic E-state index is 12.8. The van der Waals surface area contributed by atoms with Gasteiger partial charge in [-0.3, -0.25) is 24.8 Å². The van der Waals surface area contributed by atoms with E-state index in [9.17, 15) is 8.42 Å². The van der Waals surface area contributed by atoms with Crippen molar-refractivity contribution >= 4 is 37.6 Å². The van der Waals surface area contributed by atoms with Gasteiger partial charge in [0.25, 0.3) is 10.0 Å². The summed E-state index contributed by atoms with van der Waals surface area (Å²) < 4.78 is 28.2. The van der Waals surface area contributed by atoms with Gasteiger partial charge in [0.05, 0.1) is 34.0 Å². The van der Waals surface area contributed by atoms with E-state index in [-0.39, 0.29) is 4.90 Å². The van der Waals surface area contributed by atoms with Gasteiger partial charge in [-0.25, -0.2) is 13.4 Å². The molecule has 0 aliphatic carbocycles. The van der Waals surface area contributed by atoms with Crippen LogP contribution in [0.15, 0.2) is 109 Å². The largest absolute Gasteiger partial charge is 0.335 e. The van der Waals surface area contributed by atoms with Crippen molar-refractivity contribution in [2.45, 2.75) is 4.90 Å². The number of sulfonamides is 1. The number of imidazole rings is 1. The number of aromatic amines is 2. The lowest BCUT2D eigenvalue weighted by Gasteiger charge is -2.09. The zero-order valence-electron chi connectivity index (χ0n) is 20.8. The lowest BCUT2D eigenvalue weighted by atomic mass is 10.0. The van der Waals surface area contributed by atoms with Gasteiger partial charge in [-0.1, -0.05) is 30.3 Å². The molecule has 0 saturated carbocycles. The predicted octanol–water partition coefficient (Wildman–Crippen LogP) is 5.43. The Bertz CT molecular complexity index is 2110. The molecule has 0 amide bonds. The molecular weight excluding hydrogens is 524 g/mol. The third-order valence-corrected chi connectivity index (χ3v) is 7.93. The first-order valence-electron chi connectivity index (χ1n) is 12.3. The highest BCUT2D eigenvalue weighted by molar-refractivity contribution is 7.92. The van der Waals surface area contributed by atoms with E-state index in [1.54, 1.807) is 67.4 Å². The Labute approximate surface area is 228 Å². The van der Waals surface area contributed by atoms with Crippen molar-refractivity contribution in [3.63, 3.8) is 0 Å². The van der Waals surface area contributed by atoms with Gasteiger partial charge < -0.3 is 4.98 Å². The third-order valence-electron chi connectivity index (χ3n) is 6.53. The minimum Gasteiger partial charge on any atom is -0.335 e. The van der Waals surface area contributed by atoms with E-state index in [1.165, 1.54) is 6.20 Å². The van der Waals surface area contributed by atoms with Gasteiger partial charge in [-0.05, 0) is 42.0 Å². The second-order valence-corrected chi connectivity index (χ2v) is 10.8. The van der Waals surface area contributed by atoms with Crippen molar-refractivity contribution in [1.82, 2.24) is 35.1 Å². The van der Waals surface area contributed by atoms with Crippen LogP contribution in [0.3, 0.4) is 0 Å². The highest BCUT2D eigenvalue weighted by atomic mass is 32.2. The maximum Gasteiger partial charge on any atom is 0.261 e. The molecule has 40 heavy (non-hydrogen) atoms. The van der Waals surface area contributed by atoms with Crippen LogP contribution in [0.2, 0.25) is 0 Å². The fourth-order valence-corrected chi connectivity index (χ4v) is 5.68. The van der Waals surface area contributed by atoms with Crippen LogP contribution >= 0.6 is 0 Å². The summed E-state index contributed by atoms with van der Waals surface area (Å²) in [5.41, 5.74) is 6.78. The first kappa shape index (κ1) is 23.7. The van der Waals surface area contributed by atoms with Gasteiger partial charge >= 0.3 is 0 Å². The third kappa shape index (κ3) is 4.24. The molecule has 2 aromatic carbocycles. The molecule has 0 atom stereocenters. The Morgan fingerprint density at radius 3 is 2.42 bits per heavy atom. The van der Waals surface area contributed by atoms with Crippen molar-refractivity contribution in [2.75, 3.05) is 4.72 Å². The summed E-state index contributed by atoms with van der Waals surface area (Å²) in [5, 5.41) is 8.46. The molecule has 0 aliphatic heterocycles. The number of anilines is 1. The minimum absolute atomic E-state index is 0.178. The van der Waals surface area contributed by atoms with Crippen LogP contribution in [0.25, 0.3) is 55.7 Å². The number of rotatable bonds is 6. The average Bonchev–Trinajstić information content (AvgIpc) is 3.62. The number of nitrogens with one attached hydrogen (secondary N) is 3. The quantitative estimate of drug-likeness (QED) is 0.253. The number of H-pyrrole nitrogens is 2. The number of benzene rings is 2. The SMILES string of the molecule is O=S(=O)(Nc1cncc(-c2ccc3[nH]nc(-c4nc5c(-c6cccnc6)cncc5[nH]4)c3c2)c1)c1ccccc1. The van der Waals surface area contributed by atoms with E-state index in [4.69, 9.17) is 4.98 Å². The first-order valence-corrected chi connectivity index (χ1v) is 13.8. The molecule has 5 heterocycles. The summed E-state index contributed by atoms with van der Waals surface area (Å²) >= 11 is 0. The zero-order valence-corrected chi connectivity index (χ0v) is 21.6. The normalized spacial score (nSPS) is 11.7. The predicted molar refractivity (Wildman–Crippen MR) is 153 cm³/mol. The average molecular weight is 545 g/mol. The molecule has 7 aromatic rings.